The van der Waals surface area contributed by atoms with Gasteiger partial charge in [-0.25, -0.2) is 4.98 Å². The second kappa shape index (κ2) is 11.5. The SMILES string of the molecule is C[C@H](NC(=O)Cc1c(CN(C)C(=O)CC2CC2)c(-c2ccccc2)nc2ccccc12)C1CCCCC1. The number of benzene rings is 2. The summed E-state index contributed by atoms with van der Waals surface area (Å²) in [5.41, 5.74) is 4.68. The predicted molar refractivity (Wildman–Crippen MR) is 149 cm³/mol. The monoisotopic (exact) mass is 497 g/mol. The molecule has 1 heterocycles. The maximum atomic E-state index is 13.5. The minimum atomic E-state index is 0.0432. The zero-order valence-electron chi connectivity index (χ0n) is 22.2. The van der Waals surface area contributed by atoms with Gasteiger partial charge in [0.05, 0.1) is 17.6 Å². The summed E-state index contributed by atoms with van der Waals surface area (Å²) in [6.45, 7) is 2.59. The Hall–Kier alpha value is -3.21. The molecular weight excluding hydrogens is 458 g/mol. The normalized spacial score (nSPS) is 16.9. The lowest BCUT2D eigenvalue weighted by Crippen LogP contribution is -2.40. The lowest BCUT2D eigenvalue weighted by atomic mass is 9.84. The fraction of sp³-hybridized carbons (Fsp3) is 0.469. The first-order valence-electron chi connectivity index (χ1n) is 14.0. The average Bonchev–Trinajstić information content (AvgIpc) is 3.74. The lowest BCUT2D eigenvalue weighted by molar-refractivity contribution is -0.130. The van der Waals surface area contributed by atoms with E-state index in [2.05, 4.69) is 30.4 Å². The number of fused-ring (bicyclic) bond motifs is 1. The third-order valence-corrected chi connectivity index (χ3v) is 8.22. The van der Waals surface area contributed by atoms with E-state index in [4.69, 9.17) is 4.98 Å². The summed E-state index contributed by atoms with van der Waals surface area (Å²) in [5, 5.41) is 4.31. The summed E-state index contributed by atoms with van der Waals surface area (Å²) in [4.78, 5) is 33.3. The number of nitrogens with one attached hydrogen (secondary N) is 1. The largest absolute Gasteiger partial charge is 0.353 e. The molecule has 5 heteroatoms. The van der Waals surface area contributed by atoms with Crippen LogP contribution in [0.5, 0.6) is 0 Å². The standard InChI is InChI=1S/C32H39N3O2/c1-22(24-11-5-3-6-12-24)33-30(36)20-27-26-15-9-10-16-29(26)34-32(25-13-7-4-8-14-25)28(27)21-35(2)31(37)19-23-17-18-23/h4,7-10,13-16,22-24H,3,5-6,11-12,17-21H2,1-2H3,(H,33,36)/t22-/m0/s1. The summed E-state index contributed by atoms with van der Waals surface area (Å²) >= 11 is 0. The van der Waals surface area contributed by atoms with Gasteiger partial charge in [0, 0.05) is 42.6 Å². The van der Waals surface area contributed by atoms with Gasteiger partial charge in [0.1, 0.15) is 0 Å². The molecule has 3 aromatic rings. The molecule has 2 aliphatic carbocycles. The maximum absolute atomic E-state index is 13.5. The number of rotatable bonds is 9. The molecule has 5 nitrogen and oxygen atoms in total. The van der Waals surface area contributed by atoms with Gasteiger partial charge in [-0.2, -0.15) is 0 Å². The number of nitrogens with zero attached hydrogens (tertiary/aromatic N) is 2. The zero-order chi connectivity index (χ0) is 25.8. The van der Waals surface area contributed by atoms with E-state index in [1.165, 1.54) is 32.1 Å². The molecule has 0 unspecified atom stereocenters. The molecule has 0 bridgehead atoms. The van der Waals surface area contributed by atoms with E-state index in [0.29, 0.717) is 24.8 Å². The number of pyridine rings is 1. The van der Waals surface area contributed by atoms with E-state index in [1.54, 1.807) is 0 Å². The van der Waals surface area contributed by atoms with Crippen LogP contribution in [0.15, 0.2) is 54.6 Å². The zero-order valence-corrected chi connectivity index (χ0v) is 22.2. The second-order valence-electron chi connectivity index (χ2n) is 11.1. The first-order chi connectivity index (χ1) is 18.0. The Labute approximate surface area is 220 Å². The average molecular weight is 498 g/mol. The van der Waals surface area contributed by atoms with Crippen LogP contribution in [0.1, 0.15) is 69.4 Å². The van der Waals surface area contributed by atoms with Crippen molar-refractivity contribution in [1.29, 1.82) is 0 Å². The Kier molecular flexibility index (Phi) is 7.87. The minimum absolute atomic E-state index is 0.0432. The van der Waals surface area contributed by atoms with Gasteiger partial charge < -0.3 is 10.2 Å². The van der Waals surface area contributed by atoms with Crippen LogP contribution < -0.4 is 5.32 Å². The summed E-state index contributed by atoms with van der Waals surface area (Å²) < 4.78 is 0. The van der Waals surface area contributed by atoms with Gasteiger partial charge in [-0.1, -0.05) is 67.8 Å². The Balaban J connectivity index is 1.51. The van der Waals surface area contributed by atoms with E-state index in [-0.39, 0.29) is 24.3 Å². The van der Waals surface area contributed by atoms with Crippen molar-refractivity contribution in [1.82, 2.24) is 15.2 Å². The van der Waals surface area contributed by atoms with E-state index in [1.807, 2.05) is 48.3 Å². The lowest BCUT2D eigenvalue weighted by Gasteiger charge is -2.28. The van der Waals surface area contributed by atoms with E-state index < -0.39 is 0 Å². The summed E-state index contributed by atoms with van der Waals surface area (Å²) in [5.74, 6) is 1.29. The molecule has 1 N–H and O–H groups in total. The number of hydrogen-bond acceptors (Lipinski definition) is 3. The van der Waals surface area contributed by atoms with Crippen molar-refractivity contribution in [2.24, 2.45) is 11.8 Å². The Bertz CT molecular complexity index is 1250. The van der Waals surface area contributed by atoms with Crippen LogP contribution >= 0.6 is 0 Å². The van der Waals surface area contributed by atoms with Crippen molar-refractivity contribution in [3.05, 3.63) is 65.7 Å². The highest BCUT2D eigenvalue weighted by Crippen LogP contribution is 2.35. The molecule has 194 valence electrons. The molecule has 0 spiro atoms. The van der Waals surface area contributed by atoms with Crippen LogP contribution in [0.2, 0.25) is 0 Å². The maximum Gasteiger partial charge on any atom is 0.224 e. The molecule has 5 rings (SSSR count). The minimum Gasteiger partial charge on any atom is -0.353 e. The molecule has 2 aromatic carbocycles. The predicted octanol–water partition coefficient (Wildman–Crippen LogP) is 6.29. The van der Waals surface area contributed by atoms with Gasteiger partial charge >= 0.3 is 0 Å². The van der Waals surface area contributed by atoms with Crippen LogP contribution in [-0.4, -0.2) is 34.8 Å². The Morgan fingerprint density at radius 1 is 0.946 bits per heavy atom. The van der Waals surface area contributed by atoms with Crippen molar-refractivity contribution in [3.8, 4) is 11.3 Å². The number of amides is 2. The fourth-order valence-corrected chi connectivity index (χ4v) is 5.79. The molecule has 2 fully saturated rings. The highest BCUT2D eigenvalue weighted by atomic mass is 16.2. The van der Waals surface area contributed by atoms with Crippen molar-refractivity contribution < 1.29 is 9.59 Å². The van der Waals surface area contributed by atoms with Crippen LogP contribution in [0.25, 0.3) is 22.2 Å². The third-order valence-electron chi connectivity index (χ3n) is 8.22. The molecule has 2 aliphatic rings. The molecule has 37 heavy (non-hydrogen) atoms. The van der Waals surface area contributed by atoms with Crippen molar-refractivity contribution in [2.45, 2.75) is 77.3 Å². The van der Waals surface area contributed by atoms with Gasteiger partial charge in [-0.15, -0.1) is 0 Å². The van der Waals surface area contributed by atoms with Crippen LogP contribution in [0.3, 0.4) is 0 Å². The molecule has 1 atom stereocenters. The highest BCUT2D eigenvalue weighted by Gasteiger charge is 2.28. The van der Waals surface area contributed by atoms with Gasteiger partial charge in [-0.05, 0) is 56.1 Å². The number of para-hydroxylation sites is 1. The fourth-order valence-electron chi connectivity index (χ4n) is 5.79. The molecule has 2 amide bonds. The molecule has 0 aliphatic heterocycles. The number of carbonyl (C=O) groups excluding carboxylic acids is 2. The smallest absolute Gasteiger partial charge is 0.224 e. The van der Waals surface area contributed by atoms with Crippen LogP contribution in [-0.2, 0) is 22.6 Å². The van der Waals surface area contributed by atoms with E-state index in [9.17, 15) is 9.59 Å². The molecule has 1 aromatic heterocycles. The Morgan fingerprint density at radius 2 is 1.65 bits per heavy atom. The first kappa shape index (κ1) is 25.4. The number of carbonyl (C=O) groups is 2. The van der Waals surface area contributed by atoms with Gasteiger partial charge in [0.15, 0.2) is 0 Å². The van der Waals surface area contributed by atoms with E-state index >= 15 is 0 Å². The second-order valence-corrected chi connectivity index (χ2v) is 11.1. The summed E-state index contributed by atoms with van der Waals surface area (Å²) in [6, 6.07) is 18.4. The molecule has 0 saturated heterocycles. The molecule has 0 radical (unpaired) electrons. The van der Waals surface area contributed by atoms with Crippen molar-refractivity contribution >= 4 is 22.7 Å². The first-order valence-corrected chi connectivity index (χ1v) is 14.0. The van der Waals surface area contributed by atoms with Crippen molar-refractivity contribution in [2.75, 3.05) is 7.05 Å². The molecular formula is C32H39N3O2. The third kappa shape index (κ3) is 6.20. The summed E-state index contributed by atoms with van der Waals surface area (Å²) in [7, 11) is 1.88. The Morgan fingerprint density at radius 3 is 2.38 bits per heavy atom. The number of hydrogen-bond donors (Lipinski definition) is 1. The summed E-state index contributed by atoms with van der Waals surface area (Å²) in [6.07, 6.45) is 9.38. The van der Waals surface area contributed by atoms with Crippen LogP contribution in [0.4, 0.5) is 0 Å². The highest BCUT2D eigenvalue weighted by molar-refractivity contribution is 5.92. The molecule has 2 saturated carbocycles. The van der Waals surface area contributed by atoms with Crippen molar-refractivity contribution in [3.63, 3.8) is 0 Å². The van der Waals surface area contributed by atoms with Gasteiger partial charge in [-0.3, -0.25) is 9.59 Å². The van der Waals surface area contributed by atoms with Gasteiger partial charge in [0.2, 0.25) is 11.8 Å². The quantitative estimate of drug-likeness (QED) is 0.378. The topological polar surface area (TPSA) is 62.3 Å². The number of aromatic nitrogens is 1. The van der Waals surface area contributed by atoms with Crippen LogP contribution in [0, 0.1) is 11.8 Å². The van der Waals surface area contributed by atoms with E-state index in [0.717, 1.165) is 46.1 Å². The van der Waals surface area contributed by atoms with Gasteiger partial charge in [0.25, 0.3) is 0 Å².